The Hall–Kier alpha value is -0.930. The van der Waals surface area contributed by atoms with Gasteiger partial charge in [-0.2, -0.15) is 0 Å². The number of rotatable bonds is 5. The molecule has 0 bridgehead atoms. The molecule has 76 valence electrons. The summed E-state index contributed by atoms with van der Waals surface area (Å²) in [6.07, 6.45) is 4.48. The largest absolute Gasteiger partial charge is 0.375 e. The summed E-state index contributed by atoms with van der Waals surface area (Å²) in [6, 6.07) is 3.98. The van der Waals surface area contributed by atoms with Crippen molar-refractivity contribution in [2.24, 2.45) is 11.7 Å². The maximum Gasteiger partial charge on any atom is 0.0887 e. The van der Waals surface area contributed by atoms with Gasteiger partial charge in [-0.1, -0.05) is 6.07 Å². The first-order chi connectivity index (χ1) is 6.88. The van der Waals surface area contributed by atoms with Crippen molar-refractivity contribution < 1.29 is 4.74 Å². The van der Waals surface area contributed by atoms with E-state index in [1.54, 1.807) is 0 Å². The molecule has 2 N–H and O–H groups in total. The Bertz CT molecular complexity index is 280. The lowest BCUT2D eigenvalue weighted by Gasteiger charge is -2.03. The fourth-order valence-corrected chi connectivity index (χ4v) is 1.28. The van der Waals surface area contributed by atoms with Gasteiger partial charge in [-0.05, 0) is 30.4 Å². The lowest BCUT2D eigenvalue weighted by Crippen LogP contribution is -2.01. The summed E-state index contributed by atoms with van der Waals surface area (Å²) in [5.74, 6) is 0.818. The fourth-order valence-electron chi connectivity index (χ4n) is 1.28. The van der Waals surface area contributed by atoms with Gasteiger partial charge in [0.25, 0.3) is 0 Å². The van der Waals surface area contributed by atoms with Gasteiger partial charge >= 0.3 is 0 Å². The van der Waals surface area contributed by atoms with E-state index in [-0.39, 0.29) is 0 Å². The summed E-state index contributed by atoms with van der Waals surface area (Å²) in [7, 11) is 0. The van der Waals surface area contributed by atoms with Crippen LogP contribution in [0.3, 0.4) is 0 Å². The summed E-state index contributed by atoms with van der Waals surface area (Å²) in [4.78, 5) is 4.26. The molecule has 0 aromatic carbocycles. The smallest absolute Gasteiger partial charge is 0.0887 e. The number of hydrogen-bond donors (Lipinski definition) is 1. The second kappa shape index (κ2) is 4.53. The van der Waals surface area contributed by atoms with Crippen molar-refractivity contribution in [1.29, 1.82) is 0 Å². The molecule has 1 saturated carbocycles. The normalized spacial score (nSPS) is 15.8. The minimum absolute atomic E-state index is 0.552. The third-order valence-electron chi connectivity index (χ3n) is 2.42. The van der Waals surface area contributed by atoms with Crippen LogP contribution in [0.2, 0.25) is 0 Å². The van der Waals surface area contributed by atoms with Gasteiger partial charge in [0.15, 0.2) is 0 Å². The Morgan fingerprint density at radius 2 is 2.29 bits per heavy atom. The first kappa shape index (κ1) is 9.62. The van der Waals surface area contributed by atoms with Crippen LogP contribution in [0.4, 0.5) is 0 Å². The second-order valence-electron chi connectivity index (χ2n) is 3.82. The highest BCUT2D eigenvalue weighted by atomic mass is 16.5. The van der Waals surface area contributed by atoms with Gasteiger partial charge in [-0.25, -0.2) is 0 Å². The van der Waals surface area contributed by atoms with Crippen molar-refractivity contribution in [1.82, 2.24) is 4.98 Å². The highest BCUT2D eigenvalue weighted by Crippen LogP contribution is 2.28. The monoisotopic (exact) mass is 192 g/mol. The molecule has 0 saturated heterocycles. The van der Waals surface area contributed by atoms with E-state index in [0.29, 0.717) is 13.2 Å². The van der Waals surface area contributed by atoms with Crippen LogP contribution in [0.5, 0.6) is 0 Å². The maximum absolute atomic E-state index is 5.52. The zero-order valence-corrected chi connectivity index (χ0v) is 8.28. The number of nitrogens with two attached hydrogens (primary N) is 1. The molecule has 1 aromatic rings. The summed E-state index contributed by atoms with van der Waals surface area (Å²) in [5.41, 5.74) is 7.53. The van der Waals surface area contributed by atoms with Gasteiger partial charge in [0.2, 0.25) is 0 Å². The van der Waals surface area contributed by atoms with Crippen molar-refractivity contribution in [2.45, 2.75) is 26.0 Å². The van der Waals surface area contributed by atoms with Crippen molar-refractivity contribution in [3.63, 3.8) is 0 Å². The topological polar surface area (TPSA) is 48.1 Å². The quantitative estimate of drug-likeness (QED) is 0.768. The fraction of sp³-hybridized carbons (Fsp3) is 0.545. The third-order valence-corrected chi connectivity index (χ3v) is 2.42. The van der Waals surface area contributed by atoms with Crippen LogP contribution < -0.4 is 5.73 Å². The second-order valence-corrected chi connectivity index (χ2v) is 3.82. The van der Waals surface area contributed by atoms with Crippen molar-refractivity contribution >= 4 is 0 Å². The molecule has 14 heavy (non-hydrogen) atoms. The van der Waals surface area contributed by atoms with Gasteiger partial charge in [0, 0.05) is 19.3 Å². The Morgan fingerprint density at radius 1 is 1.43 bits per heavy atom. The Labute approximate surface area is 84.3 Å². The molecule has 1 aromatic heterocycles. The van der Waals surface area contributed by atoms with Crippen LogP contribution in [0, 0.1) is 5.92 Å². The molecule has 0 amide bonds. The van der Waals surface area contributed by atoms with E-state index in [1.165, 1.54) is 12.8 Å². The van der Waals surface area contributed by atoms with Crippen LogP contribution in [0.1, 0.15) is 24.1 Å². The van der Waals surface area contributed by atoms with E-state index in [0.717, 1.165) is 23.8 Å². The first-order valence-electron chi connectivity index (χ1n) is 5.10. The Kier molecular flexibility index (Phi) is 3.11. The molecule has 1 heterocycles. The van der Waals surface area contributed by atoms with Crippen molar-refractivity contribution in [2.75, 3.05) is 6.61 Å². The summed E-state index contributed by atoms with van der Waals surface area (Å²) < 4.78 is 5.52. The molecule has 1 aliphatic carbocycles. The number of pyridine rings is 1. The molecule has 3 heteroatoms. The molecule has 2 rings (SSSR count). The zero-order chi connectivity index (χ0) is 9.80. The minimum atomic E-state index is 0.552. The number of nitrogens with zero attached hydrogens (tertiary/aromatic N) is 1. The van der Waals surface area contributed by atoms with Crippen LogP contribution in [-0.2, 0) is 17.9 Å². The van der Waals surface area contributed by atoms with E-state index in [2.05, 4.69) is 4.98 Å². The first-order valence-corrected chi connectivity index (χ1v) is 5.10. The summed E-state index contributed by atoms with van der Waals surface area (Å²) in [5, 5.41) is 0. The Morgan fingerprint density at radius 3 is 2.86 bits per heavy atom. The van der Waals surface area contributed by atoms with Crippen molar-refractivity contribution in [3.05, 3.63) is 29.6 Å². The predicted octanol–water partition coefficient (Wildman–Crippen LogP) is 1.47. The molecular weight excluding hydrogens is 176 g/mol. The lowest BCUT2D eigenvalue weighted by molar-refractivity contribution is 0.109. The average molecular weight is 192 g/mol. The number of hydrogen-bond acceptors (Lipinski definition) is 3. The molecular formula is C11H16N2O. The van der Waals surface area contributed by atoms with Crippen LogP contribution >= 0.6 is 0 Å². The molecule has 0 unspecified atom stereocenters. The molecule has 0 atom stereocenters. The van der Waals surface area contributed by atoms with Crippen LogP contribution in [-0.4, -0.2) is 11.6 Å². The summed E-state index contributed by atoms with van der Waals surface area (Å²) in [6.45, 7) is 2.07. The molecule has 1 fully saturated rings. The standard InChI is InChI=1S/C11H16N2O/c12-5-10-3-4-11(13-6-10)8-14-7-9-1-2-9/h3-4,6,9H,1-2,5,7-8,12H2. The SMILES string of the molecule is NCc1ccc(COCC2CC2)nc1. The van der Waals surface area contributed by atoms with E-state index < -0.39 is 0 Å². The highest BCUT2D eigenvalue weighted by Gasteiger charge is 2.20. The lowest BCUT2D eigenvalue weighted by atomic mass is 10.2. The van der Waals surface area contributed by atoms with Crippen LogP contribution in [0.25, 0.3) is 0 Å². The molecule has 1 aliphatic rings. The Balaban J connectivity index is 1.77. The van der Waals surface area contributed by atoms with E-state index in [4.69, 9.17) is 10.5 Å². The van der Waals surface area contributed by atoms with E-state index in [9.17, 15) is 0 Å². The average Bonchev–Trinajstić information content (AvgIpc) is 3.03. The number of ether oxygens (including phenoxy) is 1. The molecule has 0 aliphatic heterocycles. The minimum Gasteiger partial charge on any atom is -0.375 e. The van der Waals surface area contributed by atoms with E-state index in [1.807, 2.05) is 18.3 Å². The molecule has 3 nitrogen and oxygen atoms in total. The van der Waals surface area contributed by atoms with E-state index >= 15 is 0 Å². The predicted molar refractivity (Wildman–Crippen MR) is 54.5 cm³/mol. The van der Waals surface area contributed by atoms with Crippen molar-refractivity contribution in [3.8, 4) is 0 Å². The molecule has 0 radical (unpaired) electrons. The van der Waals surface area contributed by atoms with Crippen LogP contribution in [0.15, 0.2) is 18.3 Å². The third kappa shape index (κ3) is 2.79. The van der Waals surface area contributed by atoms with Gasteiger partial charge < -0.3 is 10.5 Å². The highest BCUT2D eigenvalue weighted by molar-refractivity contribution is 5.13. The van der Waals surface area contributed by atoms with Gasteiger partial charge in [0.05, 0.1) is 12.3 Å². The van der Waals surface area contributed by atoms with Gasteiger partial charge in [-0.3, -0.25) is 4.98 Å². The number of aromatic nitrogens is 1. The van der Waals surface area contributed by atoms with Gasteiger partial charge in [-0.15, -0.1) is 0 Å². The van der Waals surface area contributed by atoms with Gasteiger partial charge in [0.1, 0.15) is 0 Å². The molecule has 0 spiro atoms. The summed E-state index contributed by atoms with van der Waals surface area (Å²) >= 11 is 0. The maximum atomic E-state index is 5.52. The zero-order valence-electron chi connectivity index (χ0n) is 8.28.